The Hall–Kier alpha value is -0.620. The van der Waals surface area contributed by atoms with Gasteiger partial charge in [0.05, 0.1) is 11.2 Å². The number of halogens is 1. The summed E-state index contributed by atoms with van der Waals surface area (Å²) in [5.41, 5.74) is 1.12. The first kappa shape index (κ1) is 12.8. The van der Waals surface area contributed by atoms with E-state index in [0.717, 1.165) is 28.4 Å². The lowest BCUT2D eigenvalue weighted by Crippen LogP contribution is -2.47. The second kappa shape index (κ2) is 4.94. The third kappa shape index (κ3) is 2.80. The Morgan fingerprint density at radius 3 is 2.82 bits per heavy atom. The first-order valence-electron chi connectivity index (χ1n) is 5.77. The molecule has 0 saturated heterocycles. The minimum absolute atomic E-state index is 0.0987. The molecule has 1 aliphatic rings. The van der Waals surface area contributed by atoms with Gasteiger partial charge in [0.25, 0.3) is 5.91 Å². The molecule has 3 nitrogen and oxygen atoms in total. The highest BCUT2D eigenvalue weighted by Gasteiger charge is 2.34. The Balaban J connectivity index is 2.02. The minimum Gasteiger partial charge on any atom is -0.388 e. The highest BCUT2D eigenvalue weighted by molar-refractivity contribution is 14.1. The van der Waals surface area contributed by atoms with Crippen molar-refractivity contribution in [2.45, 2.75) is 31.8 Å². The average molecular weight is 345 g/mol. The summed E-state index contributed by atoms with van der Waals surface area (Å²) in [6.07, 6.45) is 2.63. The summed E-state index contributed by atoms with van der Waals surface area (Å²) in [6.45, 7) is 2.34. The number of rotatable bonds is 3. The first-order valence-corrected chi connectivity index (χ1v) is 6.85. The van der Waals surface area contributed by atoms with Crippen LogP contribution in [0.15, 0.2) is 18.2 Å². The van der Waals surface area contributed by atoms with E-state index in [1.54, 1.807) is 0 Å². The van der Waals surface area contributed by atoms with Gasteiger partial charge in [-0.15, -0.1) is 0 Å². The molecule has 0 spiro atoms. The lowest BCUT2D eigenvalue weighted by molar-refractivity contribution is -0.0300. The van der Waals surface area contributed by atoms with Crippen molar-refractivity contribution in [1.29, 1.82) is 0 Å². The number of carbonyl (C=O) groups excluding carboxylic acids is 1. The van der Waals surface area contributed by atoms with E-state index in [1.165, 1.54) is 0 Å². The third-order valence-corrected chi connectivity index (χ3v) is 4.73. The van der Waals surface area contributed by atoms with Gasteiger partial charge < -0.3 is 10.4 Å². The van der Waals surface area contributed by atoms with Gasteiger partial charge in [0.2, 0.25) is 0 Å². The highest BCUT2D eigenvalue weighted by Crippen LogP contribution is 2.30. The van der Waals surface area contributed by atoms with E-state index in [1.807, 2.05) is 25.1 Å². The van der Waals surface area contributed by atoms with Crippen molar-refractivity contribution < 1.29 is 9.90 Å². The van der Waals surface area contributed by atoms with Gasteiger partial charge in [-0.25, -0.2) is 0 Å². The smallest absolute Gasteiger partial charge is 0.252 e. The van der Waals surface area contributed by atoms with Gasteiger partial charge in [-0.3, -0.25) is 4.79 Å². The summed E-state index contributed by atoms with van der Waals surface area (Å²) >= 11 is 2.18. The summed E-state index contributed by atoms with van der Waals surface area (Å²) < 4.78 is 0.975. The quantitative estimate of drug-likeness (QED) is 0.826. The number of amides is 1. The third-order valence-electron chi connectivity index (χ3n) is 3.30. The van der Waals surface area contributed by atoms with Gasteiger partial charge in [-0.2, -0.15) is 0 Å². The number of hydrogen-bond donors (Lipinski definition) is 2. The molecule has 0 heterocycles. The fourth-order valence-electron chi connectivity index (χ4n) is 1.92. The SMILES string of the molecule is Cc1cccc(C(=O)NCC2(O)CCC2)c1I. The molecule has 17 heavy (non-hydrogen) atoms. The lowest BCUT2D eigenvalue weighted by Gasteiger charge is -2.36. The standard InChI is InChI=1S/C13H16INO2/c1-9-4-2-5-10(11(9)14)12(16)15-8-13(17)6-3-7-13/h2,4-5,17H,3,6-8H2,1H3,(H,15,16). The molecule has 2 rings (SSSR count). The van der Waals surface area contributed by atoms with Crippen LogP contribution >= 0.6 is 22.6 Å². The maximum absolute atomic E-state index is 12.0. The number of hydrogen-bond acceptors (Lipinski definition) is 2. The van der Waals surface area contributed by atoms with Gasteiger partial charge in [0.1, 0.15) is 0 Å². The van der Waals surface area contributed by atoms with E-state index in [4.69, 9.17) is 0 Å². The molecule has 0 bridgehead atoms. The summed E-state index contributed by atoms with van der Waals surface area (Å²) in [4.78, 5) is 12.0. The van der Waals surface area contributed by atoms with Crippen LogP contribution in [0.5, 0.6) is 0 Å². The molecule has 0 unspecified atom stereocenters. The summed E-state index contributed by atoms with van der Waals surface area (Å²) in [7, 11) is 0. The van der Waals surface area contributed by atoms with E-state index in [9.17, 15) is 9.90 Å². The molecule has 0 atom stereocenters. The zero-order chi connectivity index (χ0) is 12.5. The molecule has 1 amide bonds. The zero-order valence-corrected chi connectivity index (χ0v) is 12.0. The van der Waals surface area contributed by atoms with Gasteiger partial charge in [0.15, 0.2) is 0 Å². The molecule has 1 aromatic carbocycles. The predicted octanol–water partition coefficient (Wildman–Crippen LogP) is 2.24. The molecule has 0 aromatic heterocycles. The van der Waals surface area contributed by atoms with Crippen LogP contribution in [0.2, 0.25) is 0 Å². The van der Waals surface area contributed by atoms with Crippen molar-refractivity contribution in [3.05, 3.63) is 32.9 Å². The second-order valence-corrected chi connectivity index (χ2v) is 5.78. The van der Waals surface area contributed by atoms with Crippen molar-refractivity contribution in [2.24, 2.45) is 0 Å². The number of aliphatic hydroxyl groups is 1. The molecular weight excluding hydrogens is 329 g/mol. The van der Waals surface area contributed by atoms with Crippen LogP contribution in [0.25, 0.3) is 0 Å². The van der Waals surface area contributed by atoms with Gasteiger partial charge in [-0.1, -0.05) is 12.1 Å². The fraction of sp³-hybridized carbons (Fsp3) is 0.462. The fourth-order valence-corrected chi connectivity index (χ4v) is 2.53. The number of carbonyl (C=O) groups is 1. The first-order chi connectivity index (χ1) is 8.02. The van der Waals surface area contributed by atoms with E-state index in [2.05, 4.69) is 27.9 Å². The van der Waals surface area contributed by atoms with Gasteiger partial charge >= 0.3 is 0 Å². The molecule has 1 aliphatic carbocycles. The van der Waals surface area contributed by atoms with Crippen LogP contribution in [-0.4, -0.2) is 23.2 Å². The number of benzene rings is 1. The van der Waals surface area contributed by atoms with Crippen LogP contribution in [0.3, 0.4) is 0 Å². The molecule has 2 N–H and O–H groups in total. The molecule has 1 saturated carbocycles. The van der Waals surface area contributed by atoms with Crippen LogP contribution in [0.4, 0.5) is 0 Å². The van der Waals surface area contributed by atoms with Crippen LogP contribution in [0, 0.1) is 10.5 Å². The Kier molecular flexibility index (Phi) is 3.73. The lowest BCUT2D eigenvalue weighted by atomic mass is 9.80. The Morgan fingerprint density at radius 1 is 1.53 bits per heavy atom. The summed E-state index contributed by atoms with van der Waals surface area (Å²) in [6, 6.07) is 5.68. The monoisotopic (exact) mass is 345 g/mol. The van der Waals surface area contributed by atoms with Crippen LogP contribution in [0.1, 0.15) is 35.2 Å². The highest BCUT2D eigenvalue weighted by atomic mass is 127. The van der Waals surface area contributed by atoms with Crippen molar-refractivity contribution >= 4 is 28.5 Å². The maximum atomic E-state index is 12.0. The Labute approximate surface area is 115 Å². The average Bonchev–Trinajstić information content (AvgIpc) is 2.27. The summed E-state index contributed by atoms with van der Waals surface area (Å²) in [5, 5.41) is 12.7. The van der Waals surface area contributed by atoms with Crippen LogP contribution < -0.4 is 5.32 Å². The minimum atomic E-state index is -0.662. The Morgan fingerprint density at radius 2 is 2.24 bits per heavy atom. The van der Waals surface area contributed by atoms with Crippen molar-refractivity contribution in [1.82, 2.24) is 5.32 Å². The molecular formula is C13H16INO2. The largest absolute Gasteiger partial charge is 0.388 e. The zero-order valence-electron chi connectivity index (χ0n) is 9.79. The molecule has 92 valence electrons. The molecule has 1 fully saturated rings. The number of aryl methyl sites for hydroxylation is 1. The molecule has 0 radical (unpaired) electrons. The van der Waals surface area contributed by atoms with Crippen LogP contribution in [-0.2, 0) is 0 Å². The number of nitrogens with one attached hydrogen (secondary N) is 1. The Bertz CT molecular complexity index is 441. The van der Waals surface area contributed by atoms with E-state index in [-0.39, 0.29) is 5.91 Å². The predicted molar refractivity (Wildman–Crippen MR) is 75.0 cm³/mol. The van der Waals surface area contributed by atoms with E-state index in [0.29, 0.717) is 12.1 Å². The second-order valence-electron chi connectivity index (χ2n) is 4.70. The van der Waals surface area contributed by atoms with Crippen molar-refractivity contribution in [3.8, 4) is 0 Å². The normalized spacial score (nSPS) is 17.4. The van der Waals surface area contributed by atoms with Crippen molar-refractivity contribution in [2.75, 3.05) is 6.54 Å². The van der Waals surface area contributed by atoms with E-state index < -0.39 is 5.60 Å². The maximum Gasteiger partial charge on any atom is 0.252 e. The summed E-state index contributed by atoms with van der Waals surface area (Å²) in [5.74, 6) is -0.0987. The topological polar surface area (TPSA) is 49.3 Å². The van der Waals surface area contributed by atoms with Crippen molar-refractivity contribution in [3.63, 3.8) is 0 Å². The van der Waals surface area contributed by atoms with Gasteiger partial charge in [0, 0.05) is 10.1 Å². The molecule has 0 aliphatic heterocycles. The molecule has 4 heteroatoms. The van der Waals surface area contributed by atoms with Gasteiger partial charge in [-0.05, 0) is 60.4 Å². The molecule has 1 aromatic rings. The van der Waals surface area contributed by atoms with E-state index >= 15 is 0 Å².